The molecule has 22 heavy (non-hydrogen) atoms. The van der Waals surface area contributed by atoms with Crippen molar-refractivity contribution in [1.29, 1.82) is 0 Å². The van der Waals surface area contributed by atoms with Gasteiger partial charge in [-0.05, 0) is 43.9 Å². The number of carboxylic acid groups (broad SMARTS) is 1. The van der Waals surface area contributed by atoms with Crippen molar-refractivity contribution in [3.05, 3.63) is 29.8 Å². The van der Waals surface area contributed by atoms with E-state index in [9.17, 15) is 9.59 Å². The molecule has 2 atom stereocenters. The Bertz CT molecular complexity index is 543. The number of amides is 1. The van der Waals surface area contributed by atoms with E-state index < -0.39 is 5.97 Å². The molecule has 0 aliphatic heterocycles. The number of likely N-dealkylation sites (N-methyl/N-ethyl adjacent to an activating group) is 1. The van der Waals surface area contributed by atoms with E-state index in [0.29, 0.717) is 32.4 Å². The topological polar surface area (TPSA) is 66.8 Å². The van der Waals surface area contributed by atoms with Crippen LogP contribution in [0.2, 0.25) is 0 Å². The largest absolute Gasteiger partial charge is 0.492 e. The van der Waals surface area contributed by atoms with Gasteiger partial charge in [0.25, 0.3) is 0 Å². The highest BCUT2D eigenvalue weighted by Crippen LogP contribution is 2.32. The van der Waals surface area contributed by atoms with E-state index in [1.54, 1.807) is 11.9 Å². The molecule has 1 aromatic carbocycles. The van der Waals surface area contributed by atoms with Gasteiger partial charge in [-0.2, -0.15) is 0 Å². The van der Waals surface area contributed by atoms with Gasteiger partial charge in [-0.25, -0.2) is 0 Å². The third-order valence-corrected chi connectivity index (χ3v) is 4.19. The van der Waals surface area contributed by atoms with E-state index in [2.05, 4.69) is 0 Å². The normalized spacial score (nSPS) is 20.6. The predicted molar refractivity (Wildman–Crippen MR) is 82.8 cm³/mol. The summed E-state index contributed by atoms with van der Waals surface area (Å²) in [5.41, 5.74) is 1.13. The third kappa shape index (κ3) is 4.23. The number of aryl methyl sites for hydroxylation is 1. The number of aliphatic carboxylic acids is 1. The van der Waals surface area contributed by atoms with Crippen LogP contribution in [0.25, 0.3) is 0 Å². The Morgan fingerprint density at radius 3 is 2.68 bits per heavy atom. The molecular weight excluding hydrogens is 282 g/mol. The van der Waals surface area contributed by atoms with E-state index >= 15 is 0 Å². The van der Waals surface area contributed by atoms with Gasteiger partial charge in [-0.3, -0.25) is 9.59 Å². The van der Waals surface area contributed by atoms with Crippen LogP contribution >= 0.6 is 0 Å². The van der Waals surface area contributed by atoms with Gasteiger partial charge >= 0.3 is 5.97 Å². The third-order valence-electron chi connectivity index (χ3n) is 4.19. The van der Waals surface area contributed by atoms with Crippen molar-refractivity contribution in [2.24, 2.45) is 11.8 Å². The van der Waals surface area contributed by atoms with Crippen LogP contribution in [0.4, 0.5) is 0 Å². The summed E-state index contributed by atoms with van der Waals surface area (Å²) in [5.74, 6) is -0.499. The molecule has 1 fully saturated rings. The average molecular weight is 305 g/mol. The van der Waals surface area contributed by atoms with Crippen LogP contribution in [0.1, 0.15) is 24.8 Å². The Morgan fingerprint density at radius 1 is 1.32 bits per heavy atom. The quantitative estimate of drug-likeness (QED) is 0.876. The molecule has 1 N–H and O–H groups in total. The summed E-state index contributed by atoms with van der Waals surface area (Å²) < 4.78 is 5.64. The molecule has 0 saturated heterocycles. The van der Waals surface area contributed by atoms with Crippen LogP contribution in [-0.2, 0) is 9.59 Å². The second-order valence-electron chi connectivity index (χ2n) is 5.97. The number of ether oxygens (including phenoxy) is 1. The maximum Gasteiger partial charge on any atom is 0.306 e. The van der Waals surface area contributed by atoms with Crippen LogP contribution in [0.15, 0.2) is 24.3 Å². The number of benzene rings is 1. The smallest absolute Gasteiger partial charge is 0.306 e. The van der Waals surface area contributed by atoms with Crippen molar-refractivity contribution in [3.63, 3.8) is 0 Å². The molecule has 1 saturated carbocycles. The average Bonchev–Trinajstić information content (AvgIpc) is 2.96. The van der Waals surface area contributed by atoms with Crippen molar-refractivity contribution in [2.45, 2.75) is 26.2 Å². The first-order valence-electron chi connectivity index (χ1n) is 7.64. The van der Waals surface area contributed by atoms with Crippen molar-refractivity contribution >= 4 is 11.9 Å². The summed E-state index contributed by atoms with van der Waals surface area (Å²) in [6.45, 7) is 2.93. The lowest BCUT2D eigenvalue weighted by Gasteiger charge is -2.21. The first-order chi connectivity index (χ1) is 10.5. The zero-order valence-electron chi connectivity index (χ0n) is 13.1. The summed E-state index contributed by atoms with van der Waals surface area (Å²) in [6.07, 6.45) is 1.72. The molecule has 5 heteroatoms. The molecule has 0 bridgehead atoms. The van der Waals surface area contributed by atoms with Crippen molar-refractivity contribution in [3.8, 4) is 5.75 Å². The van der Waals surface area contributed by atoms with E-state index in [4.69, 9.17) is 9.84 Å². The fraction of sp³-hybridized carbons (Fsp3) is 0.529. The SMILES string of the molecule is Cc1cccc(OCCN(C)C(=O)[C@@H]2CC[C@H](C(=O)O)C2)c1. The lowest BCUT2D eigenvalue weighted by Crippen LogP contribution is -2.35. The molecule has 1 aliphatic carbocycles. The van der Waals surface area contributed by atoms with E-state index in [0.717, 1.165) is 11.3 Å². The summed E-state index contributed by atoms with van der Waals surface area (Å²) in [6, 6.07) is 7.78. The van der Waals surface area contributed by atoms with Crippen molar-refractivity contribution < 1.29 is 19.4 Å². The van der Waals surface area contributed by atoms with Crippen molar-refractivity contribution in [1.82, 2.24) is 4.90 Å². The van der Waals surface area contributed by atoms with Crippen LogP contribution in [0.3, 0.4) is 0 Å². The van der Waals surface area contributed by atoms with Crippen LogP contribution < -0.4 is 4.74 Å². The van der Waals surface area contributed by atoms with Gasteiger partial charge in [0.2, 0.25) is 5.91 Å². The Balaban J connectivity index is 1.76. The lowest BCUT2D eigenvalue weighted by atomic mass is 10.0. The highest BCUT2D eigenvalue weighted by molar-refractivity contribution is 5.80. The number of carbonyl (C=O) groups is 2. The Labute approximate surface area is 130 Å². The fourth-order valence-electron chi connectivity index (χ4n) is 2.86. The Hall–Kier alpha value is -2.04. The van der Waals surface area contributed by atoms with Gasteiger partial charge in [-0.15, -0.1) is 0 Å². The van der Waals surface area contributed by atoms with Crippen LogP contribution in [0.5, 0.6) is 5.75 Å². The summed E-state index contributed by atoms with van der Waals surface area (Å²) in [5, 5.41) is 9.00. The number of rotatable bonds is 6. The molecule has 120 valence electrons. The highest BCUT2D eigenvalue weighted by Gasteiger charge is 2.34. The molecule has 1 amide bonds. The molecular formula is C17H23NO4. The fourth-order valence-corrected chi connectivity index (χ4v) is 2.86. The first-order valence-corrected chi connectivity index (χ1v) is 7.64. The highest BCUT2D eigenvalue weighted by atomic mass is 16.5. The molecule has 0 spiro atoms. The number of nitrogens with zero attached hydrogens (tertiary/aromatic N) is 1. The number of carboxylic acids is 1. The predicted octanol–water partition coefficient (Wildman–Crippen LogP) is 2.33. The van der Waals surface area contributed by atoms with E-state index in [-0.39, 0.29) is 17.7 Å². The zero-order chi connectivity index (χ0) is 16.1. The lowest BCUT2D eigenvalue weighted by molar-refractivity contribution is -0.141. The maximum atomic E-state index is 12.3. The molecule has 1 aliphatic rings. The second-order valence-corrected chi connectivity index (χ2v) is 5.97. The molecule has 0 unspecified atom stereocenters. The van der Waals surface area contributed by atoms with Gasteiger partial charge < -0.3 is 14.7 Å². The van der Waals surface area contributed by atoms with Crippen molar-refractivity contribution in [2.75, 3.05) is 20.2 Å². The maximum absolute atomic E-state index is 12.3. The van der Waals surface area contributed by atoms with Gasteiger partial charge in [-0.1, -0.05) is 12.1 Å². The number of hydrogen-bond donors (Lipinski definition) is 1. The number of carbonyl (C=O) groups excluding carboxylic acids is 1. The van der Waals surface area contributed by atoms with Gasteiger partial charge in [0.05, 0.1) is 12.5 Å². The molecule has 0 radical (unpaired) electrons. The Kier molecular flexibility index (Phi) is 5.41. The molecule has 0 aromatic heterocycles. The number of hydrogen-bond acceptors (Lipinski definition) is 3. The minimum absolute atomic E-state index is 0.0246. The zero-order valence-corrected chi connectivity index (χ0v) is 13.1. The molecule has 5 nitrogen and oxygen atoms in total. The standard InChI is InChI=1S/C17H23NO4/c1-12-4-3-5-15(10-12)22-9-8-18(2)16(19)13-6-7-14(11-13)17(20)21/h3-5,10,13-14H,6-9,11H2,1-2H3,(H,20,21)/t13-,14+/m1/s1. The van der Waals surface area contributed by atoms with E-state index in [1.165, 1.54) is 0 Å². The second kappa shape index (κ2) is 7.29. The van der Waals surface area contributed by atoms with Gasteiger partial charge in [0.15, 0.2) is 0 Å². The summed E-state index contributed by atoms with van der Waals surface area (Å²) in [4.78, 5) is 24.9. The minimum Gasteiger partial charge on any atom is -0.492 e. The first kappa shape index (κ1) is 16.3. The molecule has 0 heterocycles. The monoisotopic (exact) mass is 305 g/mol. The Morgan fingerprint density at radius 2 is 2.05 bits per heavy atom. The van der Waals surface area contributed by atoms with E-state index in [1.807, 2.05) is 31.2 Å². The van der Waals surface area contributed by atoms with Gasteiger partial charge in [0.1, 0.15) is 12.4 Å². The molecule has 1 aromatic rings. The summed E-state index contributed by atoms with van der Waals surface area (Å²) in [7, 11) is 1.75. The van der Waals surface area contributed by atoms with Crippen LogP contribution in [0, 0.1) is 18.8 Å². The van der Waals surface area contributed by atoms with Crippen LogP contribution in [-0.4, -0.2) is 42.1 Å². The minimum atomic E-state index is -0.791. The summed E-state index contributed by atoms with van der Waals surface area (Å²) >= 11 is 0. The molecule has 2 rings (SSSR count). The van der Waals surface area contributed by atoms with Gasteiger partial charge in [0, 0.05) is 13.0 Å².